The van der Waals surface area contributed by atoms with Crippen molar-refractivity contribution >= 4 is 6.03 Å². The second kappa shape index (κ2) is 4.65. The number of carbonyl (C=O) groups is 1. The van der Waals surface area contributed by atoms with E-state index in [2.05, 4.69) is 11.9 Å². The summed E-state index contributed by atoms with van der Waals surface area (Å²) in [7, 11) is 1.77. The lowest BCUT2D eigenvalue weighted by Crippen LogP contribution is -2.44. The highest BCUT2D eigenvalue weighted by molar-refractivity contribution is 5.79. The molecule has 3 nitrogen and oxygen atoms in total. The van der Waals surface area contributed by atoms with Gasteiger partial charge < -0.3 is 10.2 Å². The van der Waals surface area contributed by atoms with Crippen molar-refractivity contribution in [3.8, 4) is 0 Å². The number of allylic oxidation sites excluding steroid dienone is 3. The number of urea groups is 1. The number of rotatable bonds is 2. The summed E-state index contributed by atoms with van der Waals surface area (Å²) in [5, 5.41) is 2.83. The largest absolute Gasteiger partial charge is 0.323 e. The Morgan fingerprint density at radius 2 is 2.36 bits per heavy atom. The van der Waals surface area contributed by atoms with E-state index in [9.17, 15) is 4.79 Å². The lowest BCUT2D eigenvalue weighted by atomic mass is 10.1. The Labute approximate surface area is 84.8 Å². The minimum atomic E-state index is -0.0501. The first-order valence-electron chi connectivity index (χ1n) is 4.73. The monoisotopic (exact) mass is 192 g/mol. The molecule has 3 heteroatoms. The smallest absolute Gasteiger partial charge is 0.321 e. The molecule has 0 radical (unpaired) electrons. The predicted molar refractivity (Wildman–Crippen MR) is 57.8 cm³/mol. The van der Waals surface area contributed by atoms with E-state index in [0.717, 1.165) is 17.7 Å². The number of hydrogen-bond donors (Lipinski definition) is 1. The normalized spacial score (nSPS) is 22.7. The summed E-state index contributed by atoms with van der Waals surface area (Å²) < 4.78 is 0. The van der Waals surface area contributed by atoms with E-state index in [1.54, 1.807) is 18.0 Å². The third-order valence-electron chi connectivity index (χ3n) is 2.07. The zero-order chi connectivity index (χ0) is 10.6. The molecule has 14 heavy (non-hydrogen) atoms. The molecule has 1 heterocycles. The highest BCUT2D eigenvalue weighted by atomic mass is 16.2. The van der Waals surface area contributed by atoms with Gasteiger partial charge in [0.15, 0.2) is 0 Å². The molecule has 1 aliphatic rings. The molecule has 0 aromatic rings. The molecule has 0 unspecified atom stereocenters. The van der Waals surface area contributed by atoms with Crippen LogP contribution < -0.4 is 5.32 Å². The Kier molecular flexibility index (Phi) is 3.51. The van der Waals surface area contributed by atoms with Crippen LogP contribution in [0.15, 0.2) is 36.1 Å². The van der Waals surface area contributed by atoms with Crippen molar-refractivity contribution in [2.75, 3.05) is 13.6 Å². The fourth-order valence-electron chi connectivity index (χ4n) is 1.37. The lowest BCUT2D eigenvalue weighted by Gasteiger charge is -2.27. The third-order valence-corrected chi connectivity index (χ3v) is 2.07. The van der Waals surface area contributed by atoms with E-state index < -0.39 is 0 Å². The molecule has 1 fully saturated rings. The number of nitrogens with one attached hydrogen (secondary N) is 1. The molecule has 0 spiro atoms. The molecule has 1 aliphatic heterocycles. The summed E-state index contributed by atoms with van der Waals surface area (Å²) in [6.45, 7) is 6.35. The van der Waals surface area contributed by atoms with Gasteiger partial charge in [-0.2, -0.15) is 0 Å². The van der Waals surface area contributed by atoms with Crippen molar-refractivity contribution < 1.29 is 4.79 Å². The van der Waals surface area contributed by atoms with Gasteiger partial charge in [0, 0.05) is 19.3 Å². The van der Waals surface area contributed by atoms with Crippen molar-refractivity contribution in [3.05, 3.63) is 36.1 Å². The van der Waals surface area contributed by atoms with Gasteiger partial charge in [-0.25, -0.2) is 4.79 Å². The van der Waals surface area contributed by atoms with Gasteiger partial charge in [-0.15, -0.1) is 0 Å². The van der Waals surface area contributed by atoms with Crippen LogP contribution in [0.25, 0.3) is 0 Å². The SMILES string of the molecule is C=C/C=C1/CN(C)C(=O)N/C1=C/CC. The van der Waals surface area contributed by atoms with E-state index in [1.807, 2.05) is 19.1 Å². The van der Waals surface area contributed by atoms with E-state index in [4.69, 9.17) is 0 Å². The van der Waals surface area contributed by atoms with Crippen molar-refractivity contribution in [1.82, 2.24) is 10.2 Å². The fraction of sp³-hybridized carbons (Fsp3) is 0.364. The van der Waals surface area contributed by atoms with E-state index >= 15 is 0 Å². The summed E-state index contributed by atoms with van der Waals surface area (Å²) in [4.78, 5) is 13.0. The number of carbonyl (C=O) groups excluding carboxylic acids is 1. The molecule has 2 amide bonds. The van der Waals surface area contributed by atoms with Crippen molar-refractivity contribution in [1.29, 1.82) is 0 Å². The van der Waals surface area contributed by atoms with Gasteiger partial charge >= 0.3 is 6.03 Å². The third kappa shape index (κ3) is 2.25. The fourth-order valence-corrected chi connectivity index (χ4v) is 1.37. The number of amides is 2. The number of nitrogens with zero attached hydrogens (tertiary/aromatic N) is 1. The second-order valence-corrected chi connectivity index (χ2v) is 3.24. The van der Waals surface area contributed by atoms with Crippen LogP contribution in [0.5, 0.6) is 0 Å². The van der Waals surface area contributed by atoms with Gasteiger partial charge in [-0.05, 0) is 12.0 Å². The van der Waals surface area contributed by atoms with Gasteiger partial charge in [0.05, 0.1) is 0 Å². The van der Waals surface area contributed by atoms with Crippen LogP contribution in [-0.4, -0.2) is 24.5 Å². The average Bonchev–Trinajstić information content (AvgIpc) is 2.14. The number of hydrogen-bond acceptors (Lipinski definition) is 1. The summed E-state index contributed by atoms with van der Waals surface area (Å²) in [6.07, 6.45) is 6.59. The van der Waals surface area contributed by atoms with Crippen LogP contribution in [0, 0.1) is 0 Å². The maximum Gasteiger partial charge on any atom is 0.321 e. The molecular formula is C11H16N2O. The van der Waals surface area contributed by atoms with Crippen molar-refractivity contribution in [2.45, 2.75) is 13.3 Å². The summed E-state index contributed by atoms with van der Waals surface area (Å²) in [6, 6.07) is -0.0501. The first-order chi connectivity index (χ1) is 6.69. The molecule has 0 atom stereocenters. The molecule has 1 N–H and O–H groups in total. The Balaban J connectivity index is 2.91. The van der Waals surface area contributed by atoms with Crippen molar-refractivity contribution in [3.63, 3.8) is 0 Å². The molecule has 0 aliphatic carbocycles. The number of likely N-dealkylation sites (N-methyl/N-ethyl adjacent to an activating group) is 1. The first-order valence-corrected chi connectivity index (χ1v) is 4.73. The molecule has 0 saturated carbocycles. The maximum atomic E-state index is 11.4. The molecule has 1 rings (SSSR count). The van der Waals surface area contributed by atoms with Gasteiger partial charge in [-0.1, -0.05) is 31.7 Å². The van der Waals surface area contributed by atoms with E-state index in [-0.39, 0.29) is 6.03 Å². The zero-order valence-electron chi connectivity index (χ0n) is 8.71. The van der Waals surface area contributed by atoms with E-state index in [0.29, 0.717) is 6.54 Å². The molecule has 76 valence electrons. The maximum absolute atomic E-state index is 11.4. The highest BCUT2D eigenvalue weighted by Gasteiger charge is 2.20. The Morgan fingerprint density at radius 3 is 2.93 bits per heavy atom. The van der Waals surface area contributed by atoms with Crippen LogP contribution in [0.3, 0.4) is 0 Å². The van der Waals surface area contributed by atoms with Gasteiger partial charge in [-0.3, -0.25) is 0 Å². The molecule has 0 bridgehead atoms. The summed E-state index contributed by atoms with van der Waals surface area (Å²) >= 11 is 0. The minimum absolute atomic E-state index is 0.0501. The van der Waals surface area contributed by atoms with Gasteiger partial charge in [0.2, 0.25) is 0 Å². The summed E-state index contributed by atoms with van der Waals surface area (Å²) in [5.74, 6) is 0. The Morgan fingerprint density at radius 1 is 1.64 bits per heavy atom. The van der Waals surface area contributed by atoms with Gasteiger partial charge in [0.25, 0.3) is 0 Å². The molecular weight excluding hydrogens is 176 g/mol. The molecule has 0 aromatic heterocycles. The Bertz CT molecular complexity index is 302. The van der Waals surface area contributed by atoms with Crippen LogP contribution in [-0.2, 0) is 0 Å². The topological polar surface area (TPSA) is 32.3 Å². The molecule has 0 aromatic carbocycles. The lowest BCUT2D eigenvalue weighted by molar-refractivity contribution is 0.211. The minimum Gasteiger partial charge on any atom is -0.323 e. The van der Waals surface area contributed by atoms with Crippen molar-refractivity contribution in [2.24, 2.45) is 0 Å². The highest BCUT2D eigenvalue weighted by Crippen LogP contribution is 2.15. The quantitative estimate of drug-likeness (QED) is 0.713. The van der Waals surface area contributed by atoms with Crippen LogP contribution in [0.2, 0.25) is 0 Å². The second-order valence-electron chi connectivity index (χ2n) is 3.24. The van der Waals surface area contributed by atoms with Gasteiger partial charge in [0.1, 0.15) is 0 Å². The predicted octanol–water partition coefficient (Wildman–Crippen LogP) is 2.05. The summed E-state index contributed by atoms with van der Waals surface area (Å²) in [5.41, 5.74) is 2.01. The van der Waals surface area contributed by atoms with Crippen LogP contribution >= 0.6 is 0 Å². The average molecular weight is 192 g/mol. The molecule has 1 saturated heterocycles. The zero-order valence-corrected chi connectivity index (χ0v) is 8.71. The van der Waals surface area contributed by atoms with Crippen LogP contribution in [0.4, 0.5) is 4.79 Å². The first kappa shape index (κ1) is 10.6. The van der Waals surface area contributed by atoms with Crippen LogP contribution in [0.1, 0.15) is 13.3 Å². The van der Waals surface area contributed by atoms with E-state index in [1.165, 1.54) is 0 Å². The Hall–Kier alpha value is -1.51. The standard InChI is InChI=1S/C11H16N2O/c1-4-6-9-8-13(3)11(14)12-10(9)7-5-2/h4,6-7H,1,5,8H2,2-3H3,(H,12,14)/b9-6-,10-7+.